The highest BCUT2D eigenvalue weighted by Crippen LogP contribution is 2.30. The van der Waals surface area contributed by atoms with E-state index in [-0.39, 0.29) is 6.10 Å². The Morgan fingerprint density at radius 3 is 2.62 bits per heavy atom. The second-order valence-corrected chi connectivity index (χ2v) is 4.62. The van der Waals surface area contributed by atoms with Gasteiger partial charge in [-0.25, -0.2) is 0 Å². The fourth-order valence-corrected chi connectivity index (χ4v) is 2.43. The van der Waals surface area contributed by atoms with Crippen molar-refractivity contribution in [3.05, 3.63) is 12.2 Å². The van der Waals surface area contributed by atoms with E-state index in [1.165, 1.54) is 0 Å². The zero-order valence-electron chi connectivity index (χ0n) is 8.47. The molecule has 2 unspecified atom stereocenters. The smallest absolute Gasteiger partial charge is 0.163 e. The zero-order valence-corrected chi connectivity index (χ0v) is 10.1. The highest BCUT2D eigenvalue weighted by Gasteiger charge is 2.36. The van der Waals surface area contributed by atoms with E-state index < -0.39 is 5.79 Å². The van der Waals surface area contributed by atoms with Crippen LogP contribution in [0.4, 0.5) is 0 Å². The van der Waals surface area contributed by atoms with E-state index in [0.29, 0.717) is 12.5 Å². The molecule has 1 rings (SSSR count). The largest absolute Gasteiger partial charge is 0.348 e. The second-order valence-electron chi connectivity index (χ2n) is 3.97. The maximum absolute atomic E-state index is 5.75. The van der Waals surface area contributed by atoms with Crippen molar-refractivity contribution in [2.75, 3.05) is 11.9 Å². The van der Waals surface area contributed by atoms with E-state index in [0.717, 1.165) is 10.9 Å². The van der Waals surface area contributed by atoms with Crippen molar-refractivity contribution in [2.24, 2.45) is 5.92 Å². The molecule has 1 aliphatic rings. The van der Waals surface area contributed by atoms with E-state index in [4.69, 9.17) is 9.47 Å². The summed E-state index contributed by atoms with van der Waals surface area (Å²) in [6, 6.07) is 0. The van der Waals surface area contributed by atoms with Gasteiger partial charge in [0.15, 0.2) is 5.79 Å². The van der Waals surface area contributed by atoms with E-state index >= 15 is 0 Å². The Hall–Kier alpha value is 0.140. The summed E-state index contributed by atoms with van der Waals surface area (Å²) in [5.41, 5.74) is 1.14. The van der Waals surface area contributed by atoms with Crippen LogP contribution in [0.15, 0.2) is 12.2 Å². The molecule has 2 atom stereocenters. The van der Waals surface area contributed by atoms with Crippen molar-refractivity contribution in [3.8, 4) is 0 Å². The lowest BCUT2D eigenvalue weighted by atomic mass is 9.98. The van der Waals surface area contributed by atoms with Gasteiger partial charge in [0, 0.05) is 11.2 Å². The van der Waals surface area contributed by atoms with Gasteiger partial charge in [-0.1, -0.05) is 28.1 Å². The van der Waals surface area contributed by atoms with Gasteiger partial charge in [-0.05, 0) is 20.8 Å². The van der Waals surface area contributed by atoms with Crippen LogP contribution in [0, 0.1) is 5.92 Å². The molecule has 0 spiro atoms. The lowest BCUT2D eigenvalue weighted by molar-refractivity contribution is -0.141. The van der Waals surface area contributed by atoms with E-state index in [1.807, 2.05) is 20.8 Å². The van der Waals surface area contributed by atoms with E-state index in [9.17, 15) is 0 Å². The topological polar surface area (TPSA) is 18.5 Å². The molecule has 0 bridgehead atoms. The molecule has 0 amide bonds. The number of ether oxygens (including phenoxy) is 2. The van der Waals surface area contributed by atoms with Crippen LogP contribution in [-0.4, -0.2) is 23.8 Å². The van der Waals surface area contributed by atoms with Gasteiger partial charge in [0.1, 0.15) is 0 Å². The molecule has 1 heterocycles. The molecule has 2 nitrogen and oxygen atoms in total. The average molecular weight is 249 g/mol. The lowest BCUT2D eigenvalue weighted by Crippen LogP contribution is -2.28. The summed E-state index contributed by atoms with van der Waals surface area (Å²) >= 11 is 3.47. The van der Waals surface area contributed by atoms with Crippen molar-refractivity contribution in [1.82, 2.24) is 0 Å². The predicted molar refractivity (Wildman–Crippen MR) is 57.0 cm³/mol. The van der Waals surface area contributed by atoms with Gasteiger partial charge >= 0.3 is 0 Å². The van der Waals surface area contributed by atoms with Crippen molar-refractivity contribution in [3.63, 3.8) is 0 Å². The van der Waals surface area contributed by atoms with Crippen molar-refractivity contribution in [2.45, 2.75) is 32.7 Å². The molecule has 1 aliphatic heterocycles. The zero-order chi connectivity index (χ0) is 10.1. The second kappa shape index (κ2) is 4.11. The number of halogens is 1. The molecule has 1 fully saturated rings. The minimum Gasteiger partial charge on any atom is -0.348 e. The highest BCUT2D eigenvalue weighted by atomic mass is 79.9. The first-order valence-corrected chi connectivity index (χ1v) is 5.61. The molecule has 0 aromatic heterocycles. The first kappa shape index (κ1) is 11.2. The van der Waals surface area contributed by atoms with Crippen LogP contribution in [-0.2, 0) is 9.47 Å². The lowest BCUT2D eigenvalue weighted by Gasteiger charge is -2.22. The van der Waals surface area contributed by atoms with Gasteiger partial charge in [-0.3, -0.25) is 0 Å². The number of rotatable bonds is 3. The molecular formula is C10H17BrO2. The summed E-state index contributed by atoms with van der Waals surface area (Å²) in [5, 5.41) is 0.881. The SMILES string of the molecule is C=C(C)C(CBr)C1COC(C)(C)O1. The number of alkyl halides is 1. The minimum atomic E-state index is -0.430. The predicted octanol–water partition coefficient (Wildman–Crippen LogP) is 2.73. The molecule has 0 aromatic rings. The molecule has 0 aliphatic carbocycles. The van der Waals surface area contributed by atoms with Crippen LogP contribution < -0.4 is 0 Å². The van der Waals surface area contributed by atoms with Crippen LogP contribution in [0.2, 0.25) is 0 Å². The highest BCUT2D eigenvalue weighted by molar-refractivity contribution is 9.09. The molecule has 13 heavy (non-hydrogen) atoms. The molecule has 76 valence electrons. The van der Waals surface area contributed by atoms with E-state index in [1.54, 1.807) is 0 Å². The molecule has 3 heteroatoms. The van der Waals surface area contributed by atoms with Gasteiger partial charge < -0.3 is 9.47 Å². The molecule has 0 aromatic carbocycles. The Morgan fingerprint density at radius 2 is 2.31 bits per heavy atom. The van der Waals surface area contributed by atoms with Crippen LogP contribution in [0.1, 0.15) is 20.8 Å². The Balaban J connectivity index is 2.58. The first-order chi connectivity index (χ1) is 5.96. The van der Waals surface area contributed by atoms with Crippen LogP contribution in [0.25, 0.3) is 0 Å². The molecule has 0 N–H and O–H groups in total. The summed E-state index contributed by atoms with van der Waals surface area (Å²) in [4.78, 5) is 0. The number of hydrogen-bond donors (Lipinski definition) is 0. The van der Waals surface area contributed by atoms with Crippen molar-refractivity contribution < 1.29 is 9.47 Å². The average Bonchev–Trinajstić information content (AvgIpc) is 2.31. The van der Waals surface area contributed by atoms with Crippen molar-refractivity contribution >= 4 is 15.9 Å². The van der Waals surface area contributed by atoms with Crippen LogP contribution in [0.5, 0.6) is 0 Å². The third kappa shape index (κ3) is 2.79. The van der Waals surface area contributed by atoms with Gasteiger partial charge in [-0.2, -0.15) is 0 Å². The van der Waals surface area contributed by atoms with Crippen LogP contribution >= 0.6 is 15.9 Å². The van der Waals surface area contributed by atoms with Gasteiger partial charge in [0.2, 0.25) is 0 Å². The third-order valence-electron chi connectivity index (χ3n) is 2.28. The molecule has 0 saturated carbocycles. The Bertz CT molecular complexity index is 201. The Morgan fingerprint density at radius 1 is 1.69 bits per heavy atom. The van der Waals surface area contributed by atoms with Gasteiger partial charge in [0.25, 0.3) is 0 Å². The normalized spacial score (nSPS) is 28.8. The molecular weight excluding hydrogens is 232 g/mol. The fourth-order valence-electron chi connectivity index (χ4n) is 1.46. The Labute approximate surface area is 88.4 Å². The van der Waals surface area contributed by atoms with Gasteiger partial charge in [0.05, 0.1) is 12.7 Å². The summed E-state index contributed by atoms with van der Waals surface area (Å²) in [6.07, 6.45) is 0.145. The molecule has 1 saturated heterocycles. The van der Waals surface area contributed by atoms with Crippen molar-refractivity contribution in [1.29, 1.82) is 0 Å². The van der Waals surface area contributed by atoms with Gasteiger partial charge in [-0.15, -0.1) is 0 Å². The number of hydrogen-bond acceptors (Lipinski definition) is 2. The third-order valence-corrected chi connectivity index (χ3v) is 2.98. The maximum atomic E-state index is 5.75. The minimum absolute atomic E-state index is 0.145. The summed E-state index contributed by atoms with van der Waals surface area (Å²) in [5.74, 6) is -0.0812. The summed E-state index contributed by atoms with van der Waals surface area (Å²) < 4.78 is 11.3. The monoisotopic (exact) mass is 248 g/mol. The standard InChI is InChI=1S/C10H17BrO2/c1-7(2)8(5-11)9-6-12-10(3,4)13-9/h8-9H,1,5-6H2,2-4H3. The van der Waals surface area contributed by atoms with Crippen LogP contribution in [0.3, 0.4) is 0 Å². The van der Waals surface area contributed by atoms with E-state index in [2.05, 4.69) is 22.5 Å². The first-order valence-electron chi connectivity index (χ1n) is 4.49. The summed E-state index contributed by atoms with van der Waals surface area (Å²) in [7, 11) is 0. The fraction of sp³-hybridized carbons (Fsp3) is 0.800. The Kier molecular flexibility index (Phi) is 3.55. The summed E-state index contributed by atoms with van der Waals surface area (Å²) in [6.45, 7) is 10.5. The maximum Gasteiger partial charge on any atom is 0.163 e. The molecule has 0 radical (unpaired) electrons. The quantitative estimate of drug-likeness (QED) is 0.565.